The molecule has 0 aliphatic rings. The number of hydrogen-bond donors (Lipinski definition) is 1. The summed E-state index contributed by atoms with van der Waals surface area (Å²) < 4.78 is 41.2. The van der Waals surface area contributed by atoms with Gasteiger partial charge in [0.05, 0.1) is 27.2 Å². The first-order valence-electron chi connectivity index (χ1n) is 6.48. The number of hydrogen-bond acceptors (Lipinski definition) is 4. The van der Waals surface area contributed by atoms with E-state index in [0.717, 1.165) is 10.7 Å². The van der Waals surface area contributed by atoms with Crippen LogP contribution in [0.1, 0.15) is 11.3 Å². The molecule has 0 aliphatic heterocycles. The van der Waals surface area contributed by atoms with Crippen LogP contribution in [0.3, 0.4) is 0 Å². The Hall–Kier alpha value is -2.42. The number of rotatable bonds is 3. The third kappa shape index (κ3) is 2.79. The Morgan fingerprint density at radius 2 is 2.17 bits per heavy atom. The van der Waals surface area contributed by atoms with Crippen LogP contribution in [-0.4, -0.2) is 25.8 Å². The monoisotopic (exact) mass is 341 g/mol. The van der Waals surface area contributed by atoms with Gasteiger partial charge >= 0.3 is 12.1 Å². The summed E-state index contributed by atoms with van der Waals surface area (Å²) in [6.07, 6.45) is -4.59. The number of carboxylic acid groups (broad SMARTS) is 1. The van der Waals surface area contributed by atoms with Crippen molar-refractivity contribution in [1.29, 1.82) is 0 Å². The fraction of sp³-hybridized carbons (Fsp3) is 0.214. The molecule has 0 atom stereocenters. The normalized spacial score (nSPS) is 12.0. The number of pyridine rings is 1. The van der Waals surface area contributed by atoms with Gasteiger partial charge in [0, 0.05) is 0 Å². The first-order chi connectivity index (χ1) is 10.8. The number of halogens is 3. The van der Waals surface area contributed by atoms with Crippen LogP contribution in [0.5, 0.6) is 0 Å². The summed E-state index contributed by atoms with van der Waals surface area (Å²) in [5.41, 5.74) is -0.701. The van der Waals surface area contributed by atoms with Crippen molar-refractivity contribution in [3.8, 4) is 10.6 Å². The Balaban J connectivity index is 2.35. The fourth-order valence-electron chi connectivity index (χ4n) is 2.37. The van der Waals surface area contributed by atoms with E-state index in [-0.39, 0.29) is 22.4 Å². The molecule has 23 heavy (non-hydrogen) atoms. The van der Waals surface area contributed by atoms with Crippen LogP contribution in [0.4, 0.5) is 13.2 Å². The van der Waals surface area contributed by atoms with Crippen molar-refractivity contribution >= 4 is 28.3 Å². The molecule has 0 radical (unpaired) electrons. The Morgan fingerprint density at radius 1 is 1.43 bits per heavy atom. The molecular formula is C14H10F3N3O2S. The molecule has 1 N–H and O–H groups in total. The maximum atomic E-state index is 13.4. The van der Waals surface area contributed by atoms with Crippen LogP contribution in [-0.2, 0) is 17.5 Å². The summed E-state index contributed by atoms with van der Waals surface area (Å²) in [7, 11) is 0. The van der Waals surface area contributed by atoms with Crippen molar-refractivity contribution in [3.05, 3.63) is 34.8 Å². The zero-order valence-corrected chi connectivity index (χ0v) is 12.6. The van der Waals surface area contributed by atoms with Gasteiger partial charge in [0.15, 0.2) is 5.65 Å². The summed E-state index contributed by atoms with van der Waals surface area (Å²) in [4.78, 5) is 15.7. The first-order valence-corrected chi connectivity index (χ1v) is 7.36. The highest BCUT2D eigenvalue weighted by molar-refractivity contribution is 7.13. The van der Waals surface area contributed by atoms with Crippen molar-refractivity contribution in [2.45, 2.75) is 19.6 Å². The fourth-order valence-corrected chi connectivity index (χ4v) is 3.05. The lowest BCUT2D eigenvalue weighted by atomic mass is 10.1. The van der Waals surface area contributed by atoms with Crippen LogP contribution < -0.4 is 0 Å². The second kappa shape index (κ2) is 5.34. The van der Waals surface area contributed by atoms with Gasteiger partial charge in [-0.1, -0.05) is 6.07 Å². The van der Waals surface area contributed by atoms with E-state index in [1.54, 1.807) is 17.5 Å². The second-order valence-electron chi connectivity index (χ2n) is 4.87. The number of carbonyl (C=O) groups is 1. The van der Waals surface area contributed by atoms with Crippen LogP contribution in [0.2, 0.25) is 0 Å². The maximum Gasteiger partial charge on any atom is 0.417 e. The van der Waals surface area contributed by atoms with E-state index in [4.69, 9.17) is 5.11 Å². The average molecular weight is 341 g/mol. The Kier molecular flexibility index (Phi) is 3.59. The van der Waals surface area contributed by atoms with Crippen molar-refractivity contribution in [3.63, 3.8) is 0 Å². The molecule has 0 saturated heterocycles. The highest BCUT2D eigenvalue weighted by Gasteiger charge is 2.35. The summed E-state index contributed by atoms with van der Waals surface area (Å²) in [6, 6.07) is 4.34. The number of fused-ring (bicyclic) bond motifs is 1. The number of aliphatic carboxylic acids is 1. The quantitative estimate of drug-likeness (QED) is 0.791. The van der Waals surface area contributed by atoms with E-state index < -0.39 is 24.3 Å². The summed E-state index contributed by atoms with van der Waals surface area (Å²) in [5.74, 6) is -1.20. The minimum Gasteiger partial charge on any atom is -0.480 e. The Bertz CT molecular complexity index is 885. The lowest BCUT2D eigenvalue weighted by Crippen LogP contribution is -2.11. The van der Waals surface area contributed by atoms with E-state index in [9.17, 15) is 18.0 Å². The summed E-state index contributed by atoms with van der Waals surface area (Å²) in [6.45, 7) is 0.852. The molecule has 5 nitrogen and oxygen atoms in total. The highest BCUT2D eigenvalue weighted by atomic mass is 32.1. The molecule has 0 aromatic carbocycles. The Labute approximate surface area is 132 Å². The van der Waals surface area contributed by atoms with Crippen molar-refractivity contribution < 1.29 is 23.1 Å². The minimum atomic E-state index is -4.59. The second-order valence-corrected chi connectivity index (χ2v) is 5.81. The maximum absolute atomic E-state index is 13.4. The number of carboxylic acids is 1. The zero-order valence-electron chi connectivity index (χ0n) is 11.8. The van der Waals surface area contributed by atoms with Gasteiger partial charge in [-0.05, 0) is 24.4 Å². The predicted octanol–water partition coefficient (Wildman–Crippen LogP) is 3.57. The molecule has 3 rings (SSSR count). The van der Waals surface area contributed by atoms with E-state index in [1.807, 2.05) is 0 Å². The van der Waals surface area contributed by atoms with Gasteiger partial charge in [-0.3, -0.25) is 4.79 Å². The topological polar surface area (TPSA) is 68.0 Å². The number of aromatic nitrogens is 3. The standard InChI is InChI=1S/C14H10F3N3O2S/c1-7-12-8(14(15,16)17)5-9(10-3-2-4-23-10)18-13(12)20(19-7)6-11(21)22/h2-5H,6H2,1H3,(H,21,22). The van der Waals surface area contributed by atoms with Gasteiger partial charge in [0.2, 0.25) is 0 Å². The number of nitrogens with zero attached hydrogens (tertiary/aromatic N) is 3. The smallest absolute Gasteiger partial charge is 0.417 e. The third-order valence-corrected chi connectivity index (χ3v) is 4.13. The van der Waals surface area contributed by atoms with E-state index in [2.05, 4.69) is 10.1 Å². The van der Waals surface area contributed by atoms with Crippen molar-refractivity contribution in [1.82, 2.24) is 14.8 Å². The molecule has 3 aromatic rings. The minimum absolute atomic E-state index is 0.0804. The molecule has 0 saturated carbocycles. The molecular weight excluding hydrogens is 331 g/mol. The van der Waals surface area contributed by atoms with Gasteiger partial charge in [-0.15, -0.1) is 11.3 Å². The predicted molar refractivity (Wildman–Crippen MR) is 78.2 cm³/mol. The average Bonchev–Trinajstić information content (AvgIpc) is 3.06. The van der Waals surface area contributed by atoms with Crippen LogP contribution in [0, 0.1) is 6.92 Å². The van der Waals surface area contributed by atoms with Gasteiger partial charge in [0.25, 0.3) is 0 Å². The van der Waals surface area contributed by atoms with Gasteiger partial charge in [-0.25, -0.2) is 9.67 Å². The first kappa shape index (κ1) is 15.5. The van der Waals surface area contributed by atoms with E-state index in [1.165, 1.54) is 18.3 Å². The highest BCUT2D eigenvalue weighted by Crippen LogP contribution is 2.38. The summed E-state index contributed by atoms with van der Waals surface area (Å²) in [5, 5.41) is 14.4. The molecule has 0 spiro atoms. The van der Waals surface area contributed by atoms with Crippen LogP contribution >= 0.6 is 11.3 Å². The molecule has 0 bridgehead atoms. The Morgan fingerprint density at radius 3 is 2.74 bits per heavy atom. The van der Waals surface area contributed by atoms with Gasteiger partial charge < -0.3 is 5.11 Å². The number of aryl methyl sites for hydroxylation is 1. The van der Waals surface area contributed by atoms with Crippen LogP contribution in [0.25, 0.3) is 21.6 Å². The third-order valence-electron chi connectivity index (χ3n) is 3.24. The largest absolute Gasteiger partial charge is 0.480 e. The van der Waals surface area contributed by atoms with Gasteiger partial charge in [0.1, 0.15) is 6.54 Å². The zero-order chi connectivity index (χ0) is 16.8. The van der Waals surface area contributed by atoms with Crippen molar-refractivity contribution in [2.75, 3.05) is 0 Å². The van der Waals surface area contributed by atoms with Gasteiger partial charge in [-0.2, -0.15) is 18.3 Å². The summed E-state index contributed by atoms with van der Waals surface area (Å²) >= 11 is 1.25. The SMILES string of the molecule is Cc1nn(CC(=O)O)c2nc(-c3cccs3)cc(C(F)(F)F)c12. The molecule has 120 valence electrons. The molecule has 0 unspecified atom stereocenters. The number of alkyl halides is 3. The molecule has 0 aliphatic carbocycles. The molecule has 3 aromatic heterocycles. The van der Waals surface area contributed by atoms with E-state index >= 15 is 0 Å². The molecule has 0 amide bonds. The van der Waals surface area contributed by atoms with Crippen molar-refractivity contribution in [2.24, 2.45) is 0 Å². The lowest BCUT2D eigenvalue weighted by Gasteiger charge is -2.10. The lowest BCUT2D eigenvalue weighted by molar-refractivity contribution is -0.138. The van der Waals surface area contributed by atoms with Crippen LogP contribution in [0.15, 0.2) is 23.6 Å². The molecule has 3 heterocycles. The molecule has 9 heteroatoms. The number of thiophene rings is 1. The van der Waals surface area contributed by atoms with E-state index in [0.29, 0.717) is 4.88 Å². The molecule has 0 fully saturated rings.